The molecule has 1 aliphatic rings. The van der Waals surface area contributed by atoms with Gasteiger partial charge < -0.3 is 4.42 Å². The van der Waals surface area contributed by atoms with Gasteiger partial charge in [-0.25, -0.2) is 0 Å². The molecule has 226 valence electrons. The van der Waals surface area contributed by atoms with Crippen LogP contribution in [0, 0.1) is 0 Å². The molecule has 1 heterocycles. The van der Waals surface area contributed by atoms with Crippen LogP contribution in [0.5, 0.6) is 0 Å². The van der Waals surface area contributed by atoms with Crippen molar-refractivity contribution in [2.24, 2.45) is 0 Å². The summed E-state index contributed by atoms with van der Waals surface area (Å²) in [5.41, 5.74) is 14.4. The molecule has 0 aliphatic heterocycles. The van der Waals surface area contributed by atoms with E-state index in [1.165, 1.54) is 71.4 Å². The summed E-state index contributed by atoms with van der Waals surface area (Å²) in [6.45, 7) is 4.75. The van der Waals surface area contributed by atoms with Gasteiger partial charge in [-0.2, -0.15) is 0 Å². The molecule has 8 aromatic carbocycles. The highest BCUT2D eigenvalue weighted by molar-refractivity contribution is 6.27. The first kappa shape index (κ1) is 27.2. The Kier molecular flexibility index (Phi) is 5.69. The molecular formula is C47H32O. The van der Waals surface area contributed by atoms with E-state index in [4.69, 9.17) is 4.42 Å². The molecule has 0 unspecified atom stereocenters. The number of rotatable bonds is 3. The van der Waals surface area contributed by atoms with Crippen molar-refractivity contribution in [1.82, 2.24) is 0 Å². The van der Waals surface area contributed by atoms with E-state index in [0.717, 1.165) is 27.7 Å². The van der Waals surface area contributed by atoms with Crippen LogP contribution in [0.15, 0.2) is 162 Å². The minimum atomic E-state index is -0.146. The van der Waals surface area contributed by atoms with Gasteiger partial charge in [0.15, 0.2) is 0 Å². The molecule has 1 aromatic heterocycles. The summed E-state index contributed by atoms with van der Waals surface area (Å²) >= 11 is 0. The van der Waals surface area contributed by atoms with Crippen molar-refractivity contribution in [3.63, 3.8) is 0 Å². The Morgan fingerprint density at radius 3 is 1.88 bits per heavy atom. The maximum absolute atomic E-state index is 6.90. The van der Waals surface area contributed by atoms with Crippen molar-refractivity contribution in [2.45, 2.75) is 19.3 Å². The molecule has 0 spiro atoms. The average Bonchev–Trinajstić information content (AvgIpc) is 3.63. The Hall–Kier alpha value is -5.92. The highest BCUT2D eigenvalue weighted by atomic mass is 16.3. The number of fused-ring (bicyclic) bond motifs is 8. The summed E-state index contributed by atoms with van der Waals surface area (Å²) < 4.78 is 6.90. The lowest BCUT2D eigenvalue weighted by Gasteiger charge is -2.25. The van der Waals surface area contributed by atoms with E-state index in [2.05, 4.69) is 172 Å². The maximum Gasteiger partial charge on any atom is 0.144 e. The smallest absolute Gasteiger partial charge is 0.144 e. The minimum Gasteiger partial charge on any atom is -0.455 e. The van der Waals surface area contributed by atoms with Gasteiger partial charge >= 0.3 is 0 Å². The Morgan fingerprint density at radius 1 is 0.438 bits per heavy atom. The molecule has 0 fully saturated rings. The summed E-state index contributed by atoms with van der Waals surface area (Å²) in [5, 5.41) is 7.27. The van der Waals surface area contributed by atoms with Crippen LogP contribution in [-0.2, 0) is 5.41 Å². The van der Waals surface area contributed by atoms with Crippen molar-refractivity contribution in [3.8, 4) is 44.5 Å². The molecule has 10 rings (SSSR count). The van der Waals surface area contributed by atoms with Crippen molar-refractivity contribution < 1.29 is 4.42 Å². The summed E-state index contributed by atoms with van der Waals surface area (Å²) in [6.07, 6.45) is 0. The van der Waals surface area contributed by atoms with Crippen LogP contribution in [-0.4, -0.2) is 0 Å². The van der Waals surface area contributed by atoms with Crippen molar-refractivity contribution in [1.29, 1.82) is 0 Å². The van der Waals surface area contributed by atoms with Gasteiger partial charge in [0.2, 0.25) is 0 Å². The van der Waals surface area contributed by atoms with Crippen molar-refractivity contribution in [3.05, 3.63) is 169 Å². The normalized spacial score (nSPS) is 13.4. The number of hydrogen-bond donors (Lipinski definition) is 0. The maximum atomic E-state index is 6.90. The van der Waals surface area contributed by atoms with Crippen LogP contribution in [0.4, 0.5) is 0 Å². The van der Waals surface area contributed by atoms with E-state index in [1.54, 1.807) is 0 Å². The Balaban J connectivity index is 1.26. The zero-order chi connectivity index (χ0) is 32.0. The highest BCUT2D eigenvalue weighted by Gasteiger charge is 2.38. The first-order chi connectivity index (χ1) is 23.6. The van der Waals surface area contributed by atoms with Gasteiger partial charge in [-0.3, -0.25) is 0 Å². The molecule has 0 saturated heterocycles. The van der Waals surface area contributed by atoms with E-state index < -0.39 is 0 Å². The van der Waals surface area contributed by atoms with Gasteiger partial charge in [0, 0.05) is 27.3 Å². The highest BCUT2D eigenvalue weighted by Crippen LogP contribution is 2.55. The van der Waals surface area contributed by atoms with E-state index >= 15 is 0 Å². The molecule has 0 bridgehead atoms. The second-order valence-corrected chi connectivity index (χ2v) is 13.6. The van der Waals surface area contributed by atoms with Gasteiger partial charge in [-0.1, -0.05) is 159 Å². The van der Waals surface area contributed by atoms with Crippen LogP contribution < -0.4 is 0 Å². The molecule has 9 aromatic rings. The van der Waals surface area contributed by atoms with E-state index in [9.17, 15) is 0 Å². The van der Waals surface area contributed by atoms with Crippen molar-refractivity contribution in [2.75, 3.05) is 0 Å². The molecule has 0 saturated carbocycles. The van der Waals surface area contributed by atoms with Gasteiger partial charge in [0.25, 0.3) is 0 Å². The summed E-state index contributed by atoms with van der Waals surface area (Å²) in [5.74, 6) is 0. The Morgan fingerprint density at radius 2 is 1.04 bits per heavy atom. The van der Waals surface area contributed by atoms with Crippen LogP contribution >= 0.6 is 0 Å². The third-order valence-corrected chi connectivity index (χ3v) is 10.6. The van der Waals surface area contributed by atoms with Gasteiger partial charge in [0.05, 0.1) is 0 Å². The fraction of sp³-hybridized carbons (Fsp3) is 0.0638. The minimum absolute atomic E-state index is 0.146. The molecule has 0 amide bonds. The van der Waals surface area contributed by atoms with Crippen molar-refractivity contribution >= 4 is 43.5 Å². The topological polar surface area (TPSA) is 13.1 Å². The van der Waals surface area contributed by atoms with Crippen LogP contribution in [0.1, 0.15) is 25.0 Å². The molecule has 0 radical (unpaired) electrons. The molecule has 0 N–H and O–H groups in total. The van der Waals surface area contributed by atoms with E-state index in [1.807, 2.05) is 0 Å². The summed E-state index contributed by atoms with van der Waals surface area (Å²) in [7, 11) is 0. The average molecular weight is 613 g/mol. The first-order valence-corrected chi connectivity index (χ1v) is 16.8. The van der Waals surface area contributed by atoms with Crippen LogP contribution in [0.2, 0.25) is 0 Å². The second kappa shape index (κ2) is 10.0. The summed E-state index contributed by atoms with van der Waals surface area (Å²) in [4.78, 5) is 0. The Bertz CT molecular complexity index is 2740. The molecule has 1 heteroatoms. The lowest BCUT2D eigenvalue weighted by molar-refractivity contribution is 0.662. The number of benzene rings is 8. The fourth-order valence-corrected chi connectivity index (χ4v) is 8.47. The monoisotopic (exact) mass is 612 g/mol. The predicted molar refractivity (Wildman–Crippen MR) is 203 cm³/mol. The van der Waals surface area contributed by atoms with Crippen LogP contribution in [0.25, 0.3) is 88.0 Å². The standard InChI is InChI=1S/C47H32O/c1-47(2)40-20-9-7-14-34(40)37-18-11-19-39(45(37)47)43-36-16-6-5-15-35(36)42(46-44(43)38-17-8-10-21-41(38)48-46)31-25-22-30(23-26-31)33-27-24-29-12-3-4-13-32(29)28-33/h3-28H,1-2H3. The van der Waals surface area contributed by atoms with Gasteiger partial charge in [-0.15, -0.1) is 0 Å². The second-order valence-electron chi connectivity index (χ2n) is 13.6. The lowest BCUT2D eigenvalue weighted by Crippen LogP contribution is -2.16. The third kappa shape index (κ3) is 3.79. The van der Waals surface area contributed by atoms with Crippen LogP contribution in [0.3, 0.4) is 0 Å². The molecule has 1 aliphatic carbocycles. The van der Waals surface area contributed by atoms with Gasteiger partial charge in [-0.05, 0) is 78.2 Å². The lowest BCUT2D eigenvalue weighted by atomic mass is 9.77. The molecule has 0 atom stereocenters. The van der Waals surface area contributed by atoms with Gasteiger partial charge in [0.1, 0.15) is 11.2 Å². The quantitative estimate of drug-likeness (QED) is 0.193. The number of furan rings is 1. The third-order valence-electron chi connectivity index (χ3n) is 10.6. The fourth-order valence-electron chi connectivity index (χ4n) is 8.47. The zero-order valence-electron chi connectivity index (χ0n) is 26.9. The molecular weight excluding hydrogens is 581 g/mol. The van der Waals surface area contributed by atoms with E-state index in [0.29, 0.717) is 0 Å². The van der Waals surface area contributed by atoms with E-state index in [-0.39, 0.29) is 5.41 Å². The molecule has 1 nitrogen and oxygen atoms in total. The molecule has 48 heavy (non-hydrogen) atoms. The predicted octanol–water partition coefficient (Wildman–Crippen LogP) is 13.2. The zero-order valence-corrected chi connectivity index (χ0v) is 26.9. The largest absolute Gasteiger partial charge is 0.455 e. The SMILES string of the molecule is CC1(C)c2ccccc2-c2cccc(-c3c4ccccc4c(-c4ccc(-c5ccc6ccccc6c5)cc4)c4oc5ccccc5c34)c21. The summed E-state index contributed by atoms with van der Waals surface area (Å²) in [6, 6.07) is 57.5. The Labute approximate surface area is 279 Å². The first-order valence-electron chi connectivity index (χ1n) is 16.8. The number of hydrogen-bond acceptors (Lipinski definition) is 1. The number of para-hydroxylation sites is 1.